The molecule has 0 aliphatic heterocycles. The minimum Gasteiger partial charge on any atom is -0.485 e. The number of fused-ring (bicyclic) bond motifs is 1. The van der Waals surface area contributed by atoms with Crippen molar-refractivity contribution in [2.24, 2.45) is 0 Å². The lowest BCUT2D eigenvalue weighted by molar-refractivity contribution is 0.0697. The average molecular weight is 320 g/mol. The van der Waals surface area contributed by atoms with Crippen molar-refractivity contribution >= 4 is 39.1 Å². The molecule has 0 amide bonds. The molecule has 4 nitrogen and oxygen atoms in total. The number of hydrogen-bond donors (Lipinski definition) is 1. The van der Waals surface area contributed by atoms with Crippen molar-refractivity contribution in [2.75, 3.05) is 0 Å². The van der Waals surface area contributed by atoms with Crippen LogP contribution in [0.15, 0.2) is 42.5 Å². The molecule has 1 heterocycles. The summed E-state index contributed by atoms with van der Waals surface area (Å²) in [6, 6.07) is 12.2. The van der Waals surface area contributed by atoms with E-state index in [9.17, 15) is 4.79 Å². The summed E-state index contributed by atoms with van der Waals surface area (Å²) in [6.45, 7) is 0.297. The number of rotatable bonds is 4. The third-order valence-corrected chi connectivity index (χ3v) is 4.17. The molecule has 0 saturated heterocycles. The number of ether oxygens (including phenoxy) is 1. The molecule has 0 atom stereocenters. The Hall–Kier alpha value is -2.11. The van der Waals surface area contributed by atoms with Gasteiger partial charge in [-0.15, -0.1) is 11.3 Å². The summed E-state index contributed by atoms with van der Waals surface area (Å²) >= 11 is 7.57. The summed E-state index contributed by atoms with van der Waals surface area (Å²) in [7, 11) is 0. The summed E-state index contributed by atoms with van der Waals surface area (Å²) in [4.78, 5) is 15.3. The lowest BCUT2D eigenvalue weighted by Crippen LogP contribution is -1.98. The van der Waals surface area contributed by atoms with Gasteiger partial charge in [0.25, 0.3) is 0 Å². The fraction of sp³-hybridized carbons (Fsp3) is 0.0667. The summed E-state index contributed by atoms with van der Waals surface area (Å²) < 4.78 is 6.71. The summed E-state index contributed by atoms with van der Waals surface area (Å²) in [5, 5.41) is 10.00. The first kappa shape index (κ1) is 13.9. The molecule has 2 aromatic carbocycles. The van der Waals surface area contributed by atoms with Gasteiger partial charge < -0.3 is 9.84 Å². The predicted molar refractivity (Wildman–Crippen MR) is 82.4 cm³/mol. The highest BCUT2D eigenvalue weighted by molar-refractivity contribution is 7.18. The maximum atomic E-state index is 10.8. The number of thiazole rings is 1. The van der Waals surface area contributed by atoms with Crippen LogP contribution in [0.5, 0.6) is 5.75 Å². The van der Waals surface area contributed by atoms with Crippen LogP contribution in [0.3, 0.4) is 0 Å². The van der Waals surface area contributed by atoms with Gasteiger partial charge in [-0.1, -0.05) is 23.7 Å². The van der Waals surface area contributed by atoms with E-state index in [1.54, 1.807) is 17.4 Å². The SMILES string of the molecule is O=C(O)c1ccc(OCc2nc3ccccc3s2)c(Cl)c1. The van der Waals surface area contributed by atoms with Gasteiger partial charge in [-0.25, -0.2) is 9.78 Å². The molecule has 1 N–H and O–H groups in total. The Morgan fingerprint density at radius 1 is 1.29 bits per heavy atom. The second kappa shape index (κ2) is 5.71. The molecule has 0 spiro atoms. The lowest BCUT2D eigenvalue weighted by Gasteiger charge is -2.06. The fourth-order valence-corrected chi connectivity index (χ4v) is 2.99. The van der Waals surface area contributed by atoms with Crippen molar-refractivity contribution in [1.29, 1.82) is 0 Å². The molecule has 0 saturated carbocycles. The van der Waals surface area contributed by atoms with Gasteiger partial charge in [-0.05, 0) is 30.3 Å². The van der Waals surface area contributed by atoms with Crippen molar-refractivity contribution in [3.05, 3.63) is 58.1 Å². The molecule has 0 unspecified atom stereocenters. The van der Waals surface area contributed by atoms with Crippen LogP contribution in [0.2, 0.25) is 5.02 Å². The zero-order valence-corrected chi connectivity index (χ0v) is 12.3. The first-order chi connectivity index (χ1) is 10.1. The second-order valence-corrected chi connectivity index (χ2v) is 5.84. The summed E-state index contributed by atoms with van der Waals surface area (Å²) in [6.07, 6.45) is 0. The number of carboxylic acid groups (broad SMARTS) is 1. The van der Waals surface area contributed by atoms with Crippen molar-refractivity contribution in [3.63, 3.8) is 0 Å². The summed E-state index contributed by atoms with van der Waals surface area (Å²) in [5.74, 6) is -0.574. The van der Waals surface area contributed by atoms with E-state index in [2.05, 4.69) is 4.98 Å². The molecule has 0 aliphatic carbocycles. The van der Waals surface area contributed by atoms with Gasteiger partial charge in [-0.2, -0.15) is 0 Å². The molecule has 3 rings (SSSR count). The fourth-order valence-electron chi connectivity index (χ4n) is 1.87. The van der Waals surface area contributed by atoms with E-state index in [0.29, 0.717) is 12.4 Å². The standard InChI is InChI=1S/C15H10ClNO3S/c16-10-7-9(15(18)19)5-6-12(10)20-8-14-17-11-3-1-2-4-13(11)21-14/h1-7H,8H2,(H,18,19). The number of halogens is 1. The predicted octanol–water partition coefficient (Wildman–Crippen LogP) is 4.23. The number of carbonyl (C=O) groups is 1. The Morgan fingerprint density at radius 3 is 2.81 bits per heavy atom. The van der Waals surface area contributed by atoms with Gasteiger partial charge in [0.2, 0.25) is 0 Å². The number of aromatic nitrogens is 1. The number of hydrogen-bond acceptors (Lipinski definition) is 4. The Bertz CT molecular complexity index is 783. The van der Waals surface area contributed by atoms with E-state index < -0.39 is 5.97 Å². The van der Waals surface area contributed by atoms with E-state index >= 15 is 0 Å². The van der Waals surface area contributed by atoms with E-state index in [1.807, 2.05) is 24.3 Å². The Balaban J connectivity index is 1.76. The maximum Gasteiger partial charge on any atom is 0.335 e. The molecule has 21 heavy (non-hydrogen) atoms. The largest absolute Gasteiger partial charge is 0.485 e. The molecule has 106 valence electrons. The smallest absolute Gasteiger partial charge is 0.335 e. The highest BCUT2D eigenvalue weighted by atomic mass is 35.5. The van der Waals surface area contributed by atoms with Gasteiger partial charge in [0.15, 0.2) is 0 Å². The Kier molecular flexibility index (Phi) is 3.77. The van der Waals surface area contributed by atoms with Crippen LogP contribution >= 0.6 is 22.9 Å². The summed E-state index contributed by atoms with van der Waals surface area (Å²) in [5.41, 5.74) is 1.07. The normalized spacial score (nSPS) is 10.7. The molecule has 0 bridgehead atoms. The van der Waals surface area contributed by atoms with Crippen LogP contribution < -0.4 is 4.74 Å². The van der Waals surface area contributed by atoms with Crippen molar-refractivity contribution in [1.82, 2.24) is 4.98 Å². The number of para-hydroxylation sites is 1. The monoisotopic (exact) mass is 319 g/mol. The van der Waals surface area contributed by atoms with E-state index in [1.165, 1.54) is 12.1 Å². The molecular formula is C15H10ClNO3S. The van der Waals surface area contributed by atoms with Gasteiger partial charge in [-0.3, -0.25) is 0 Å². The highest BCUT2D eigenvalue weighted by Crippen LogP contribution is 2.28. The molecule has 0 radical (unpaired) electrons. The first-order valence-corrected chi connectivity index (χ1v) is 7.33. The van der Waals surface area contributed by atoms with Crippen molar-refractivity contribution in [2.45, 2.75) is 6.61 Å². The molecule has 0 fully saturated rings. The molecule has 3 aromatic rings. The molecular weight excluding hydrogens is 310 g/mol. The van der Waals surface area contributed by atoms with E-state index in [0.717, 1.165) is 15.2 Å². The van der Waals surface area contributed by atoms with Crippen molar-refractivity contribution in [3.8, 4) is 5.75 Å². The Labute approximate surface area is 129 Å². The maximum absolute atomic E-state index is 10.8. The molecule has 1 aromatic heterocycles. The second-order valence-electron chi connectivity index (χ2n) is 4.31. The quantitative estimate of drug-likeness (QED) is 0.782. The van der Waals surface area contributed by atoms with Gasteiger partial charge in [0, 0.05) is 0 Å². The van der Waals surface area contributed by atoms with Gasteiger partial charge in [0.1, 0.15) is 17.4 Å². The number of aromatic carboxylic acids is 1. The third kappa shape index (κ3) is 2.99. The highest BCUT2D eigenvalue weighted by Gasteiger charge is 2.09. The number of carboxylic acids is 1. The number of nitrogens with zero attached hydrogens (tertiary/aromatic N) is 1. The first-order valence-electron chi connectivity index (χ1n) is 6.13. The van der Waals surface area contributed by atoms with E-state index in [4.69, 9.17) is 21.4 Å². The van der Waals surface area contributed by atoms with Crippen LogP contribution in [-0.2, 0) is 6.61 Å². The van der Waals surface area contributed by atoms with Crippen LogP contribution in [0, 0.1) is 0 Å². The lowest BCUT2D eigenvalue weighted by atomic mass is 10.2. The molecule has 6 heteroatoms. The minimum absolute atomic E-state index is 0.132. The Morgan fingerprint density at radius 2 is 2.10 bits per heavy atom. The third-order valence-electron chi connectivity index (χ3n) is 2.87. The van der Waals surface area contributed by atoms with Crippen LogP contribution in [0.1, 0.15) is 15.4 Å². The van der Waals surface area contributed by atoms with Crippen LogP contribution in [0.4, 0.5) is 0 Å². The van der Waals surface area contributed by atoms with Crippen LogP contribution in [-0.4, -0.2) is 16.1 Å². The number of benzene rings is 2. The zero-order chi connectivity index (χ0) is 14.8. The van der Waals surface area contributed by atoms with Crippen LogP contribution in [0.25, 0.3) is 10.2 Å². The zero-order valence-electron chi connectivity index (χ0n) is 10.7. The van der Waals surface area contributed by atoms with E-state index in [-0.39, 0.29) is 10.6 Å². The minimum atomic E-state index is -1.02. The van der Waals surface area contributed by atoms with Gasteiger partial charge in [0.05, 0.1) is 20.8 Å². The molecule has 0 aliphatic rings. The van der Waals surface area contributed by atoms with Gasteiger partial charge >= 0.3 is 5.97 Å². The van der Waals surface area contributed by atoms with Crippen molar-refractivity contribution < 1.29 is 14.6 Å². The average Bonchev–Trinajstić information content (AvgIpc) is 2.88. The topological polar surface area (TPSA) is 59.4 Å².